The Morgan fingerprint density at radius 3 is 3.00 bits per heavy atom. The molecule has 0 amide bonds. The van der Waals surface area contributed by atoms with E-state index in [2.05, 4.69) is 34.6 Å². The van der Waals surface area contributed by atoms with Crippen LogP contribution in [0.3, 0.4) is 0 Å². The van der Waals surface area contributed by atoms with Gasteiger partial charge in [-0.2, -0.15) is 0 Å². The van der Waals surface area contributed by atoms with E-state index in [0.717, 1.165) is 38.2 Å². The van der Waals surface area contributed by atoms with Gasteiger partial charge >= 0.3 is 0 Å². The molecule has 1 aromatic rings. The van der Waals surface area contributed by atoms with E-state index >= 15 is 0 Å². The number of aryl methyl sites for hydroxylation is 1. The molecule has 0 fully saturated rings. The highest BCUT2D eigenvalue weighted by Gasteiger charge is 2.06. The topological polar surface area (TPSA) is 29.9 Å². The average molecular weight is 219 g/mol. The van der Waals surface area contributed by atoms with Crippen molar-refractivity contribution in [3.05, 3.63) is 18.2 Å². The van der Waals surface area contributed by atoms with Crippen LogP contribution in [0.15, 0.2) is 12.4 Å². The monoisotopic (exact) mass is 219 g/mol. The van der Waals surface area contributed by atoms with Gasteiger partial charge in [0.2, 0.25) is 0 Å². The molecule has 1 aromatic heterocycles. The second kappa shape index (κ2) is 7.08. The summed E-state index contributed by atoms with van der Waals surface area (Å²) in [6, 6.07) is 0.400. The third kappa shape index (κ3) is 3.71. The summed E-state index contributed by atoms with van der Waals surface area (Å²) in [5.41, 5.74) is 0. The van der Waals surface area contributed by atoms with Crippen molar-refractivity contribution in [2.75, 3.05) is 0 Å². The highest BCUT2D eigenvalue weighted by atomic mass is 15.1. The molecule has 1 rings (SSSR count). The Balaban J connectivity index is 2.46. The number of rotatable bonds is 7. The number of nitrogens with zero attached hydrogens (tertiary/aromatic N) is 2. The lowest BCUT2D eigenvalue weighted by Crippen LogP contribution is -2.28. The molecule has 1 N–H and O–H groups in total. The molecule has 88 valence electrons. The molecule has 3 heteroatoms. The van der Waals surface area contributed by atoms with Crippen LogP contribution in [0, 0.1) is 12.3 Å². The van der Waals surface area contributed by atoms with Gasteiger partial charge in [-0.15, -0.1) is 12.3 Å². The maximum Gasteiger partial charge on any atom is 0.122 e. The Hall–Kier alpha value is -1.27. The maximum absolute atomic E-state index is 5.32. The molecule has 0 aromatic carbocycles. The molecular weight excluding hydrogens is 198 g/mol. The van der Waals surface area contributed by atoms with Crippen LogP contribution in [0.2, 0.25) is 0 Å². The van der Waals surface area contributed by atoms with Crippen LogP contribution in [0.25, 0.3) is 0 Å². The summed E-state index contributed by atoms with van der Waals surface area (Å²) < 4.78 is 2.19. The first-order valence-electron chi connectivity index (χ1n) is 5.98. The lowest BCUT2D eigenvalue weighted by molar-refractivity contribution is 0.484. The molecule has 1 heterocycles. The molecule has 1 unspecified atom stereocenters. The molecule has 0 spiro atoms. The van der Waals surface area contributed by atoms with Crippen molar-refractivity contribution in [3.63, 3.8) is 0 Å². The van der Waals surface area contributed by atoms with E-state index in [1.807, 2.05) is 12.4 Å². The average Bonchev–Trinajstić information content (AvgIpc) is 2.72. The predicted molar refractivity (Wildman–Crippen MR) is 66.9 cm³/mol. The molecular formula is C13H21N3. The minimum absolute atomic E-state index is 0.400. The third-order valence-corrected chi connectivity index (χ3v) is 2.67. The normalized spacial score (nSPS) is 12.3. The van der Waals surface area contributed by atoms with Crippen molar-refractivity contribution in [3.8, 4) is 12.3 Å². The number of hydrogen-bond acceptors (Lipinski definition) is 2. The van der Waals surface area contributed by atoms with Gasteiger partial charge in [-0.3, -0.25) is 0 Å². The maximum atomic E-state index is 5.32. The number of terminal acetylenes is 1. The summed E-state index contributed by atoms with van der Waals surface area (Å²) in [5, 5.41) is 3.45. The van der Waals surface area contributed by atoms with Gasteiger partial charge in [-0.05, 0) is 12.8 Å². The van der Waals surface area contributed by atoms with E-state index in [4.69, 9.17) is 6.42 Å². The predicted octanol–water partition coefficient (Wildman–Crippen LogP) is 2.18. The first kappa shape index (κ1) is 12.8. The van der Waals surface area contributed by atoms with Gasteiger partial charge < -0.3 is 9.88 Å². The fourth-order valence-corrected chi connectivity index (χ4v) is 1.69. The summed E-state index contributed by atoms with van der Waals surface area (Å²) in [4.78, 5) is 4.35. The Morgan fingerprint density at radius 2 is 2.38 bits per heavy atom. The largest absolute Gasteiger partial charge is 0.334 e. The number of hydrogen-bond donors (Lipinski definition) is 1. The zero-order valence-electron chi connectivity index (χ0n) is 10.2. The SMILES string of the molecule is C#CCC(CC)NCc1nccn1CCC. The van der Waals surface area contributed by atoms with Crippen molar-refractivity contribution in [2.45, 2.75) is 52.2 Å². The fourth-order valence-electron chi connectivity index (χ4n) is 1.69. The van der Waals surface area contributed by atoms with Gasteiger partial charge in [0.25, 0.3) is 0 Å². The molecule has 0 saturated heterocycles. The van der Waals surface area contributed by atoms with Gasteiger partial charge in [0, 0.05) is 31.4 Å². The second-order valence-electron chi connectivity index (χ2n) is 3.93. The molecule has 0 bridgehead atoms. The first-order chi connectivity index (χ1) is 7.81. The number of aromatic nitrogens is 2. The number of imidazole rings is 1. The van der Waals surface area contributed by atoms with Crippen LogP contribution in [-0.2, 0) is 13.1 Å². The quantitative estimate of drug-likeness (QED) is 0.712. The third-order valence-electron chi connectivity index (χ3n) is 2.67. The van der Waals surface area contributed by atoms with Gasteiger partial charge in [0.1, 0.15) is 5.82 Å². The van der Waals surface area contributed by atoms with Crippen molar-refractivity contribution < 1.29 is 0 Å². The Labute approximate surface area is 98.3 Å². The summed E-state index contributed by atoms with van der Waals surface area (Å²) in [6.07, 6.45) is 12.2. The Morgan fingerprint density at radius 1 is 1.56 bits per heavy atom. The second-order valence-corrected chi connectivity index (χ2v) is 3.93. The van der Waals surface area contributed by atoms with Crippen LogP contribution in [0.4, 0.5) is 0 Å². The van der Waals surface area contributed by atoms with Crippen molar-refractivity contribution in [1.82, 2.24) is 14.9 Å². The summed E-state index contributed by atoms with van der Waals surface area (Å²) >= 11 is 0. The lowest BCUT2D eigenvalue weighted by Gasteiger charge is -2.14. The Kier molecular flexibility index (Phi) is 5.66. The molecule has 0 aliphatic carbocycles. The van der Waals surface area contributed by atoms with E-state index in [-0.39, 0.29) is 0 Å². The summed E-state index contributed by atoms with van der Waals surface area (Å²) in [6.45, 7) is 6.15. The Bertz CT molecular complexity index is 335. The molecule has 0 aliphatic rings. The molecule has 16 heavy (non-hydrogen) atoms. The molecule has 1 atom stereocenters. The van der Waals surface area contributed by atoms with Crippen LogP contribution >= 0.6 is 0 Å². The molecule has 0 radical (unpaired) electrons. The summed E-state index contributed by atoms with van der Waals surface area (Å²) in [7, 11) is 0. The lowest BCUT2D eigenvalue weighted by atomic mass is 10.1. The zero-order valence-corrected chi connectivity index (χ0v) is 10.2. The fraction of sp³-hybridized carbons (Fsp3) is 0.615. The van der Waals surface area contributed by atoms with Crippen LogP contribution in [-0.4, -0.2) is 15.6 Å². The van der Waals surface area contributed by atoms with Crippen LogP contribution in [0.5, 0.6) is 0 Å². The number of nitrogens with one attached hydrogen (secondary N) is 1. The molecule has 0 aliphatic heterocycles. The highest BCUT2D eigenvalue weighted by Crippen LogP contribution is 2.02. The molecule has 0 saturated carbocycles. The van der Waals surface area contributed by atoms with Crippen LogP contribution < -0.4 is 5.32 Å². The van der Waals surface area contributed by atoms with E-state index in [1.165, 1.54) is 0 Å². The van der Waals surface area contributed by atoms with Crippen molar-refractivity contribution in [1.29, 1.82) is 0 Å². The standard InChI is InChI=1S/C13H21N3/c1-4-7-12(6-3)15-11-13-14-8-10-16(13)9-5-2/h1,8,10,12,15H,5-7,9,11H2,2-3H3. The zero-order chi connectivity index (χ0) is 11.8. The van der Waals surface area contributed by atoms with Gasteiger partial charge in [-0.1, -0.05) is 13.8 Å². The van der Waals surface area contributed by atoms with Crippen molar-refractivity contribution >= 4 is 0 Å². The van der Waals surface area contributed by atoms with E-state index < -0.39 is 0 Å². The van der Waals surface area contributed by atoms with Crippen molar-refractivity contribution in [2.24, 2.45) is 0 Å². The summed E-state index contributed by atoms with van der Waals surface area (Å²) in [5.74, 6) is 3.79. The van der Waals surface area contributed by atoms with Gasteiger partial charge in [0.05, 0.1) is 6.54 Å². The van der Waals surface area contributed by atoms with E-state index in [1.54, 1.807) is 0 Å². The minimum Gasteiger partial charge on any atom is -0.334 e. The smallest absolute Gasteiger partial charge is 0.122 e. The van der Waals surface area contributed by atoms with Gasteiger partial charge in [0.15, 0.2) is 0 Å². The first-order valence-corrected chi connectivity index (χ1v) is 5.98. The van der Waals surface area contributed by atoms with Gasteiger partial charge in [-0.25, -0.2) is 4.98 Å². The van der Waals surface area contributed by atoms with E-state index in [9.17, 15) is 0 Å². The van der Waals surface area contributed by atoms with Crippen LogP contribution in [0.1, 0.15) is 38.9 Å². The van der Waals surface area contributed by atoms with E-state index in [0.29, 0.717) is 6.04 Å². The highest BCUT2D eigenvalue weighted by molar-refractivity contribution is 4.94. The minimum atomic E-state index is 0.400. The molecule has 3 nitrogen and oxygen atoms in total.